The van der Waals surface area contributed by atoms with Gasteiger partial charge in [-0.15, -0.1) is 0 Å². The SMILES string of the molecule is CCC[CH2][Sn]([CH2]CCC)([CH2]CCC)[O]c1ccc(/C=N/c2nnc(-c3ccccc3)o2)cc1. The summed E-state index contributed by atoms with van der Waals surface area (Å²) >= 11 is -2.67. The zero-order valence-corrected chi connectivity index (χ0v) is 23.1. The third-order valence-corrected chi connectivity index (χ3v) is 18.7. The van der Waals surface area contributed by atoms with E-state index in [1.54, 1.807) is 6.21 Å². The van der Waals surface area contributed by atoms with Gasteiger partial charge in [0.25, 0.3) is 0 Å². The van der Waals surface area contributed by atoms with E-state index in [0.29, 0.717) is 5.89 Å². The summed E-state index contributed by atoms with van der Waals surface area (Å²) in [6.45, 7) is 6.86. The average Bonchev–Trinajstić information content (AvgIpc) is 3.34. The second kappa shape index (κ2) is 13.5. The molecule has 0 N–H and O–H groups in total. The second-order valence-electron chi connectivity index (χ2n) is 8.68. The Bertz CT molecular complexity index is 949. The molecule has 0 aliphatic heterocycles. The monoisotopic (exact) mass is 555 g/mol. The molecule has 6 heteroatoms. The van der Waals surface area contributed by atoms with E-state index in [1.165, 1.54) is 51.8 Å². The number of hydrogen-bond acceptors (Lipinski definition) is 5. The molecule has 0 bridgehead atoms. The fourth-order valence-corrected chi connectivity index (χ4v) is 17.4. The Morgan fingerprint density at radius 1 is 0.818 bits per heavy atom. The normalized spacial score (nSPS) is 11.8. The zero-order valence-electron chi connectivity index (χ0n) is 20.3. The van der Waals surface area contributed by atoms with Gasteiger partial charge in [-0.25, -0.2) is 0 Å². The van der Waals surface area contributed by atoms with Gasteiger partial charge in [0.15, 0.2) is 0 Å². The van der Waals surface area contributed by atoms with Crippen LogP contribution in [0.2, 0.25) is 13.3 Å². The molecule has 1 aromatic heterocycles. The maximum atomic E-state index is 6.90. The molecule has 0 amide bonds. The standard InChI is InChI=1S/C15H11N3O2.3C4H9.Sn/c19-13-8-6-11(7-9-13)10-16-15-18-17-14(20-15)12-4-2-1-3-5-12;3*1-3-4-2;/h1-10,19H;3*1,3-4H2,2H3;/q;;;;+1/p-1/b16-10+;;;;. The summed E-state index contributed by atoms with van der Waals surface area (Å²) < 4.78 is 16.5. The van der Waals surface area contributed by atoms with Crippen LogP contribution in [0.5, 0.6) is 5.75 Å². The Morgan fingerprint density at radius 2 is 1.42 bits per heavy atom. The number of benzene rings is 2. The first-order valence-corrected chi connectivity index (χ1v) is 19.6. The van der Waals surface area contributed by atoms with E-state index < -0.39 is 18.8 Å². The third-order valence-electron chi connectivity index (χ3n) is 5.93. The summed E-state index contributed by atoms with van der Waals surface area (Å²) in [4.78, 5) is 4.36. The van der Waals surface area contributed by atoms with E-state index in [0.717, 1.165) is 16.9 Å². The molecule has 0 aliphatic rings. The molecule has 176 valence electrons. The molecule has 0 saturated carbocycles. The third kappa shape index (κ3) is 7.98. The molecule has 0 radical (unpaired) electrons. The molecule has 0 spiro atoms. The van der Waals surface area contributed by atoms with Crippen LogP contribution in [0.15, 0.2) is 64.0 Å². The van der Waals surface area contributed by atoms with Gasteiger partial charge in [0.1, 0.15) is 0 Å². The summed E-state index contributed by atoms with van der Waals surface area (Å²) in [7, 11) is 0. The maximum absolute atomic E-state index is 6.90. The van der Waals surface area contributed by atoms with E-state index in [2.05, 4.69) is 60.2 Å². The number of aromatic nitrogens is 2. The summed E-state index contributed by atoms with van der Waals surface area (Å²) in [5, 5.41) is 8.11. The van der Waals surface area contributed by atoms with Crippen LogP contribution in [0.25, 0.3) is 11.5 Å². The van der Waals surface area contributed by atoms with Crippen molar-refractivity contribution in [2.75, 3.05) is 0 Å². The van der Waals surface area contributed by atoms with Gasteiger partial charge in [0.2, 0.25) is 0 Å². The Morgan fingerprint density at radius 3 is 2.00 bits per heavy atom. The van der Waals surface area contributed by atoms with Gasteiger partial charge in [0.05, 0.1) is 0 Å². The van der Waals surface area contributed by atoms with Crippen molar-refractivity contribution in [1.82, 2.24) is 10.2 Å². The first-order chi connectivity index (χ1) is 16.2. The van der Waals surface area contributed by atoms with Crippen LogP contribution in [-0.4, -0.2) is 35.2 Å². The van der Waals surface area contributed by atoms with Crippen molar-refractivity contribution in [2.45, 2.75) is 72.6 Å². The zero-order chi connectivity index (χ0) is 23.4. The van der Waals surface area contributed by atoms with Gasteiger partial charge in [-0.1, -0.05) is 18.2 Å². The molecule has 0 atom stereocenters. The van der Waals surface area contributed by atoms with Crippen LogP contribution in [0.3, 0.4) is 0 Å². The van der Waals surface area contributed by atoms with Crippen LogP contribution in [0.1, 0.15) is 64.9 Å². The molecule has 0 saturated heterocycles. The number of unbranched alkanes of at least 4 members (excludes halogenated alkanes) is 3. The summed E-state index contributed by atoms with van der Waals surface area (Å²) in [5.41, 5.74) is 1.87. The fourth-order valence-electron chi connectivity index (χ4n) is 3.99. The van der Waals surface area contributed by atoms with Crippen LogP contribution in [-0.2, 0) is 0 Å². The van der Waals surface area contributed by atoms with Gasteiger partial charge in [0, 0.05) is 0 Å². The Kier molecular flexibility index (Phi) is 10.4. The minimum atomic E-state index is -2.67. The summed E-state index contributed by atoms with van der Waals surface area (Å²) in [5.74, 6) is 1.50. The minimum absolute atomic E-state index is 0.253. The van der Waals surface area contributed by atoms with E-state index in [1.807, 2.05) is 30.3 Å². The molecule has 33 heavy (non-hydrogen) atoms. The van der Waals surface area contributed by atoms with E-state index in [9.17, 15) is 0 Å². The van der Waals surface area contributed by atoms with Gasteiger partial charge >= 0.3 is 185 Å². The van der Waals surface area contributed by atoms with Gasteiger partial charge in [-0.05, 0) is 0 Å². The van der Waals surface area contributed by atoms with Gasteiger partial charge in [-0.2, -0.15) is 0 Å². The Labute approximate surface area is 203 Å². The van der Waals surface area contributed by atoms with Gasteiger partial charge < -0.3 is 0 Å². The predicted molar refractivity (Wildman–Crippen MR) is 139 cm³/mol. The molecular formula is C27H37N3O2Sn. The number of hydrogen-bond donors (Lipinski definition) is 0. The van der Waals surface area contributed by atoms with Crippen LogP contribution >= 0.6 is 0 Å². The molecule has 5 nitrogen and oxygen atoms in total. The van der Waals surface area contributed by atoms with Crippen LogP contribution in [0.4, 0.5) is 6.01 Å². The number of nitrogens with zero attached hydrogens (tertiary/aromatic N) is 3. The van der Waals surface area contributed by atoms with Crippen molar-refractivity contribution >= 4 is 31.0 Å². The van der Waals surface area contributed by atoms with Crippen LogP contribution in [0, 0.1) is 0 Å². The predicted octanol–water partition coefficient (Wildman–Crippen LogP) is 8.21. The van der Waals surface area contributed by atoms with Crippen molar-refractivity contribution in [3.63, 3.8) is 0 Å². The Hall–Kier alpha value is -2.15. The van der Waals surface area contributed by atoms with Crippen molar-refractivity contribution in [2.24, 2.45) is 4.99 Å². The quantitative estimate of drug-likeness (QED) is 0.149. The molecule has 3 aromatic rings. The van der Waals surface area contributed by atoms with E-state index in [4.69, 9.17) is 7.49 Å². The van der Waals surface area contributed by atoms with Crippen molar-refractivity contribution in [3.05, 3.63) is 60.2 Å². The van der Waals surface area contributed by atoms with Gasteiger partial charge in [-0.3, -0.25) is 0 Å². The molecule has 0 unspecified atom stereocenters. The number of rotatable bonds is 14. The van der Waals surface area contributed by atoms with E-state index in [-0.39, 0.29) is 6.01 Å². The summed E-state index contributed by atoms with van der Waals surface area (Å²) in [6, 6.07) is 18.3. The Balaban J connectivity index is 1.68. The van der Waals surface area contributed by atoms with Crippen LogP contribution < -0.4 is 3.07 Å². The van der Waals surface area contributed by atoms with E-state index >= 15 is 0 Å². The average molecular weight is 554 g/mol. The molecule has 0 aliphatic carbocycles. The van der Waals surface area contributed by atoms with Crippen molar-refractivity contribution in [1.29, 1.82) is 0 Å². The number of aliphatic imine (C=N–C) groups is 1. The van der Waals surface area contributed by atoms with Crippen molar-refractivity contribution in [3.8, 4) is 17.2 Å². The molecule has 2 aromatic carbocycles. The molecule has 1 heterocycles. The molecular weight excluding hydrogens is 517 g/mol. The summed E-state index contributed by atoms with van der Waals surface area (Å²) in [6.07, 6.45) is 9.38. The first-order valence-electron chi connectivity index (χ1n) is 12.4. The van der Waals surface area contributed by atoms with Crippen molar-refractivity contribution < 1.29 is 7.49 Å². The molecule has 0 fully saturated rings. The topological polar surface area (TPSA) is 60.5 Å². The second-order valence-corrected chi connectivity index (χ2v) is 20.3. The first kappa shape index (κ1) is 25.5. The molecule has 3 rings (SSSR count). The fraction of sp³-hybridized carbons (Fsp3) is 0.444.